The largest absolute Gasteiger partial charge is 0.479 e. The molecule has 18 heavy (non-hydrogen) atoms. The van der Waals surface area contributed by atoms with Crippen molar-refractivity contribution in [3.05, 3.63) is 0 Å². The van der Waals surface area contributed by atoms with Crippen LogP contribution >= 0.6 is 0 Å². The van der Waals surface area contributed by atoms with E-state index >= 15 is 0 Å². The van der Waals surface area contributed by atoms with Crippen LogP contribution in [0.5, 0.6) is 0 Å². The molecule has 0 aliphatic rings. The molecular formula is C6H20CuO11. The number of aliphatic hydroxyl groups is 5. The van der Waals surface area contributed by atoms with Gasteiger partial charge in [-0.05, 0) is 0 Å². The monoisotopic (exact) mass is 331 g/mol. The SMILES string of the molecule is O.O.O.O.O=C(O)[C@H](O)[C@@H](O)[C@H](O)[C@H](O)CO.[Cu]. The quantitative estimate of drug-likeness (QED) is 0.264. The number of carboxylic acids is 1. The molecule has 0 spiro atoms. The third-order valence-electron chi connectivity index (χ3n) is 1.51. The molecule has 0 saturated carbocycles. The summed E-state index contributed by atoms with van der Waals surface area (Å²) in [7, 11) is 0. The first-order valence-corrected chi connectivity index (χ1v) is 3.47. The molecule has 11 nitrogen and oxygen atoms in total. The van der Waals surface area contributed by atoms with Crippen molar-refractivity contribution in [1.82, 2.24) is 0 Å². The van der Waals surface area contributed by atoms with Gasteiger partial charge in [0.1, 0.15) is 18.3 Å². The summed E-state index contributed by atoms with van der Waals surface area (Å²) in [5.74, 6) is -1.73. The van der Waals surface area contributed by atoms with Crippen LogP contribution in [0.15, 0.2) is 0 Å². The fourth-order valence-corrected chi connectivity index (χ4v) is 0.668. The zero-order valence-electron chi connectivity index (χ0n) is 8.91. The van der Waals surface area contributed by atoms with Gasteiger partial charge in [-0.15, -0.1) is 0 Å². The van der Waals surface area contributed by atoms with E-state index in [1.54, 1.807) is 0 Å². The van der Waals surface area contributed by atoms with Crippen LogP contribution in [0.25, 0.3) is 0 Å². The Morgan fingerprint density at radius 2 is 1.22 bits per heavy atom. The van der Waals surface area contributed by atoms with E-state index in [-0.39, 0.29) is 39.0 Å². The minimum absolute atomic E-state index is 0. The molecule has 0 saturated heterocycles. The second kappa shape index (κ2) is 16.6. The second-order valence-electron chi connectivity index (χ2n) is 2.51. The van der Waals surface area contributed by atoms with Crippen molar-refractivity contribution in [2.75, 3.05) is 6.61 Å². The number of hydrogen-bond donors (Lipinski definition) is 6. The number of aliphatic carboxylic acids is 1. The fourth-order valence-electron chi connectivity index (χ4n) is 0.668. The molecule has 12 heteroatoms. The van der Waals surface area contributed by atoms with Gasteiger partial charge in [0.25, 0.3) is 0 Å². The minimum Gasteiger partial charge on any atom is -0.479 e. The van der Waals surface area contributed by atoms with E-state index in [1.165, 1.54) is 0 Å². The Morgan fingerprint density at radius 1 is 0.889 bits per heavy atom. The van der Waals surface area contributed by atoms with Crippen LogP contribution in [-0.4, -0.2) is 89.5 Å². The van der Waals surface area contributed by atoms with Crippen LogP contribution in [0.1, 0.15) is 0 Å². The van der Waals surface area contributed by atoms with Crippen LogP contribution in [-0.2, 0) is 21.9 Å². The molecule has 0 aromatic rings. The van der Waals surface area contributed by atoms with Crippen molar-refractivity contribution in [2.45, 2.75) is 24.4 Å². The number of rotatable bonds is 5. The molecular weight excluding hydrogens is 312 g/mol. The minimum atomic E-state index is -2.20. The topological polar surface area (TPSA) is 264 Å². The fraction of sp³-hybridized carbons (Fsp3) is 0.833. The van der Waals surface area contributed by atoms with Crippen molar-refractivity contribution in [3.8, 4) is 0 Å². The predicted octanol–water partition coefficient (Wildman–Crippen LogP) is -6.79. The van der Waals surface area contributed by atoms with Crippen molar-refractivity contribution >= 4 is 5.97 Å². The number of carboxylic acid groups (broad SMARTS) is 1. The normalized spacial score (nSPS) is 14.7. The molecule has 121 valence electrons. The smallest absolute Gasteiger partial charge is 0.335 e. The summed E-state index contributed by atoms with van der Waals surface area (Å²) in [4.78, 5) is 10.1. The van der Waals surface area contributed by atoms with E-state index in [4.69, 9.17) is 30.6 Å². The maximum Gasteiger partial charge on any atom is 0.335 e. The van der Waals surface area contributed by atoms with Gasteiger partial charge in [-0.1, -0.05) is 0 Å². The van der Waals surface area contributed by atoms with Gasteiger partial charge in [-0.3, -0.25) is 0 Å². The number of hydrogen-bond acceptors (Lipinski definition) is 6. The van der Waals surface area contributed by atoms with Gasteiger partial charge in [0.15, 0.2) is 6.10 Å². The first kappa shape index (κ1) is 36.0. The van der Waals surface area contributed by atoms with Crippen molar-refractivity contribution in [1.29, 1.82) is 0 Å². The van der Waals surface area contributed by atoms with Crippen molar-refractivity contribution in [3.63, 3.8) is 0 Å². The van der Waals surface area contributed by atoms with Crippen molar-refractivity contribution in [2.24, 2.45) is 0 Å². The third kappa shape index (κ3) is 10.8. The molecule has 4 atom stereocenters. The Hall–Kier alpha value is -0.371. The van der Waals surface area contributed by atoms with E-state index in [9.17, 15) is 4.79 Å². The molecule has 0 bridgehead atoms. The maximum atomic E-state index is 10.1. The van der Waals surface area contributed by atoms with E-state index < -0.39 is 37.0 Å². The summed E-state index contributed by atoms with van der Waals surface area (Å²) in [6.07, 6.45) is -7.84. The Balaban J connectivity index is -0.0000000720. The van der Waals surface area contributed by atoms with E-state index in [1.807, 2.05) is 0 Å². The van der Waals surface area contributed by atoms with Gasteiger partial charge in [-0.2, -0.15) is 0 Å². The molecule has 0 aromatic carbocycles. The van der Waals surface area contributed by atoms with Gasteiger partial charge in [0.05, 0.1) is 6.61 Å². The predicted molar refractivity (Wildman–Crippen MR) is 53.2 cm³/mol. The zero-order chi connectivity index (χ0) is 10.6. The van der Waals surface area contributed by atoms with Crippen LogP contribution in [0.4, 0.5) is 0 Å². The molecule has 14 N–H and O–H groups in total. The number of carbonyl (C=O) groups is 1. The molecule has 0 rings (SSSR count). The number of aliphatic hydroxyl groups excluding tert-OH is 5. The summed E-state index contributed by atoms with van der Waals surface area (Å²) in [6.45, 7) is -0.843. The molecule has 0 heterocycles. The van der Waals surface area contributed by atoms with Gasteiger partial charge in [0, 0.05) is 17.1 Å². The van der Waals surface area contributed by atoms with Crippen LogP contribution in [0.3, 0.4) is 0 Å². The van der Waals surface area contributed by atoms with Gasteiger partial charge >= 0.3 is 5.97 Å². The molecule has 0 fully saturated rings. The molecule has 0 aliphatic carbocycles. The molecule has 0 aliphatic heterocycles. The van der Waals surface area contributed by atoms with Crippen molar-refractivity contribution < 1.29 is 74.4 Å². The first-order chi connectivity index (χ1) is 5.91. The Labute approximate surface area is 112 Å². The van der Waals surface area contributed by atoms with Crippen LogP contribution in [0.2, 0.25) is 0 Å². The first-order valence-electron chi connectivity index (χ1n) is 3.47. The van der Waals surface area contributed by atoms with Crippen LogP contribution < -0.4 is 0 Å². The molecule has 0 unspecified atom stereocenters. The average Bonchev–Trinajstić information content (AvgIpc) is 2.12. The Morgan fingerprint density at radius 3 is 1.44 bits per heavy atom. The third-order valence-corrected chi connectivity index (χ3v) is 1.51. The summed E-state index contributed by atoms with van der Waals surface area (Å²) in [6, 6.07) is 0. The molecule has 1 radical (unpaired) electrons. The maximum absolute atomic E-state index is 10.1. The molecule has 0 aromatic heterocycles. The molecule has 0 amide bonds. The van der Waals surface area contributed by atoms with E-state index in [0.717, 1.165) is 0 Å². The van der Waals surface area contributed by atoms with E-state index in [0.29, 0.717) is 0 Å². The summed E-state index contributed by atoms with van der Waals surface area (Å²) >= 11 is 0. The van der Waals surface area contributed by atoms with Gasteiger partial charge in [0.2, 0.25) is 0 Å². The van der Waals surface area contributed by atoms with Crippen LogP contribution in [0, 0.1) is 0 Å². The Kier molecular flexibility index (Phi) is 33.3. The van der Waals surface area contributed by atoms with Gasteiger partial charge in [-0.25, -0.2) is 4.79 Å². The summed E-state index contributed by atoms with van der Waals surface area (Å²) in [5, 5.41) is 51.8. The Bertz CT molecular complexity index is 179. The standard InChI is InChI=1S/C6H12O7.Cu.4H2O/c7-1-2(8)3(9)4(10)5(11)6(12)13;;;;;/h2-5,7-11H,1H2,(H,12,13);;4*1H2/t2-,3-,4+,5-;;;;;/m1...../s1. The summed E-state index contributed by atoms with van der Waals surface area (Å²) < 4.78 is 0. The second-order valence-corrected chi connectivity index (χ2v) is 2.51. The zero-order valence-corrected chi connectivity index (χ0v) is 9.85. The average molecular weight is 332 g/mol. The van der Waals surface area contributed by atoms with Gasteiger partial charge < -0.3 is 52.5 Å². The van der Waals surface area contributed by atoms with E-state index in [2.05, 4.69) is 0 Å². The summed E-state index contributed by atoms with van der Waals surface area (Å²) in [5.41, 5.74) is 0.